The topological polar surface area (TPSA) is 64.3 Å². The Balaban J connectivity index is 2.03. The average Bonchev–Trinajstić information content (AvgIpc) is 2.46. The standard InChI is InChI=1S/C18H21BrN2O2/c1-12(2)23-16-10-14(19)9-15(11-16)21-18(22)17(20)8-13-6-4-3-5-7-13/h3-7,9-12,17H,8,20H2,1-2H3,(H,21,22)/t17-/m0/s1. The van der Waals surface area contributed by atoms with Gasteiger partial charge in [-0.25, -0.2) is 0 Å². The summed E-state index contributed by atoms with van der Waals surface area (Å²) in [5.41, 5.74) is 7.69. The zero-order valence-electron chi connectivity index (χ0n) is 13.3. The van der Waals surface area contributed by atoms with Crippen molar-refractivity contribution < 1.29 is 9.53 Å². The number of amides is 1. The summed E-state index contributed by atoms with van der Waals surface area (Å²) in [7, 11) is 0. The van der Waals surface area contributed by atoms with E-state index in [1.807, 2.05) is 56.3 Å². The lowest BCUT2D eigenvalue weighted by Gasteiger charge is -2.15. The summed E-state index contributed by atoms with van der Waals surface area (Å²) in [5, 5.41) is 2.84. The minimum Gasteiger partial charge on any atom is -0.491 e. The smallest absolute Gasteiger partial charge is 0.241 e. The number of anilines is 1. The van der Waals surface area contributed by atoms with E-state index in [1.54, 1.807) is 6.07 Å². The van der Waals surface area contributed by atoms with Crippen LogP contribution in [0.1, 0.15) is 19.4 Å². The Morgan fingerprint density at radius 1 is 1.22 bits per heavy atom. The molecule has 3 N–H and O–H groups in total. The molecular weight excluding hydrogens is 356 g/mol. The van der Waals surface area contributed by atoms with Gasteiger partial charge in [0.25, 0.3) is 0 Å². The molecule has 0 aromatic heterocycles. The third kappa shape index (κ3) is 5.69. The van der Waals surface area contributed by atoms with Crippen LogP contribution >= 0.6 is 15.9 Å². The van der Waals surface area contributed by atoms with E-state index in [1.165, 1.54) is 0 Å². The van der Waals surface area contributed by atoms with E-state index in [-0.39, 0.29) is 12.0 Å². The fourth-order valence-electron chi connectivity index (χ4n) is 2.17. The minimum atomic E-state index is -0.606. The third-order valence-electron chi connectivity index (χ3n) is 3.15. The molecule has 0 fully saturated rings. The molecule has 122 valence electrons. The van der Waals surface area contributed by atoms with E-state index in [0.29, 0.717) is 17.9 Å². The van der Waals surface area contributed by atoms with E-state index < -0.39 is 6.04 Å². The Bertz CT molecular complexity index is 659. The number of rotatable bonds is 6. The quantitative estimate of drug-likeness (QED) is 0.806. The summed E-state index contributed by atoms with van der Waals surface area (Å²) in [6.07, 6.45) is 0.559. The molecule has 0 aliphatic heterocycles. The summed E-state index contributed by atoms with van der Waals surface area (Å²) in [6.45, 7) is 3.91. The largest absolute Gasteiger partial charge is 0.491 e. The Labute approximate surface area is 145 Å². The van der Waals surface area contributed by atoms with Crippen molar-refractivity contribution in [2.75, 3.05) is 5.32 Å². The highest BCUT2D eigenvalue weighted by atomic mass is 79.9. The highest BCUT2D eigenvalue weighted by Crippen LogP contribution is 2.25. The van der Waals surface area contributed by atoms with E-state index in [0.717, 1.165) is 10.0 Å². The first-order valence-corrected chi connectivity index (χ1v) is 8.31. The molecule has 4 nitrogen and oxygen atoms in total. The lowest BCUT2D eigenvalue weighted by Crippen LogP contribution is -2.37. The maximum Gasteiger partial charge on any atom is 0.241 e. The van der Waals surface area contributed by atoms with Gasteiger partial charge in [-0.1, -0.05) is 46.3 Å². The first-order valence-electron chi connectivity index (χ1n) is 7.51. The number of nitrogens with two attached hydrogens (primary N) is 1. The van der Waals surface area contributed by atoms with Gasteiger partial charge in [-0.05, 0) is 38.0 Å². The first kappa shape index (κ1) is 17.5. The summed E-state index contributed by atoms with van der Waals surface area (Å²) in [4.78, 5) is 12.3. The molecule has 1 atom stereocenters. The molecule has 0 radical (unpaired) electrons. The van der Waals surface area contributed by atoms with Gasteiger partial charge in [0.1, 0.15) is 5.75 Å². The van der Waals surface area contributed by atoms with Crippen LogP contribution in [0.25, 0.3) is 0 Å². The number of halogens is 1. The number of hydrogen-bond donors (Lipinski definition) is 2. The van der Waals surface area contributed by atoms with Crippen molar-refractivity contribution >= 4 is 27.5 Å². The molecule has 0 bridgehead atoms. The van der Waals surface area contributed by atoms with Crippen molar-refractivity contribution in [1.82, 2.24) is 0 Å². The molecule has 0 saturated heterocycles. The average molecular weight is 377 g/mol. The van der Waals surface area contributed by atoms with Gasteiger partial charge in [0, 0.05) is 16.2 Å². The highest BCUT2D eigenvalue weighted by Gasteiger charge is 2.15. The molecular formula is C18H21BrN2O2. The lowest BCUT2D eigenvalue weighted by atomic mass is 10.1. The van der Waals surface area contributed by atoms with Crippen molar-refractivity contribution in [1.29, 1.82) is 0 Å². The molecule has 1 amide bonds. The Hall–Kier alpha value is -1.85. The maximum atomic E-state index is 12.3. The summed E-state index contributed by atoms with van der Waals surface area (Å²) in [5.74, 6) is 0.476. The number of carbonyl (C=O) groups excluding carboxylic acids is 1. The molecule has 0 saturated carbocycles. The van der Waals surface area contributed by atoms with Gasteiger partial charge in [-0.15, -0.1) is 0 Å². The SMILES string of the molecule is CC(C)Oc1cc(Br)cc(NC(=O)[C@@H](N)Cc2ccccc2)c1. The van der Waals surface area contributed by atoms with Crippen LogP contribution in [-0.4, -0.2) is 18.1 Å². The van der Waals surface area contributed by atoms with Crippen molar-refractivity contribution in [2.45, 2.75) is 32.4 Å². The van der Waals surface area contributed by atoms with Gasteiger partial charge in [0.05, 0.1) is 12.1 Å². The van der Waals surface area contributed by atoms with Crippen molar-refractivity contribution in [2.24, 2.45) is 5.73 Å². The summed E-state index contributed by atoms with van der Waals surface area (Å²) >= 11 is 3.42. The fourth-order valence-corrected chi connectivity index (χ4v) is 2.64. The molecule has 0 aliphatic carbocycles. The van der Waals surface area contributed by atoms with Crippen LogP contribution in [0, 0.1) is 0 Å². The zero-order valence-corrected chi connectivity index (χ0v) is 14.8. The van der Waals surface area contributed by atoms with Gasteiger partial charge in [-0.3, -0.25) is 4.79 Å². The Morgan fingerprint density at radius 2 is 1.91 bits per heavy atom. The second-order valence-corrected chi connectivity index (χ2v) is 6.54. The van der Waals surface area contributed by atoms with E-state index >= 15 is 0 Å². The van der Waals surface area contributed by atoms with Crippen LogP contribution < -0.4 is 15.8 Å². The number of carbonyl (C=O) groups is 1. The van der Waals surface area contributed by atoms with Crippen LogP contribution in [0.3, 0.4) is 0 Å². The Morgan fingerprint density at radius 3 is 2.57 bits per heavy atom. The first-order chi connectivity index (χ1) is 10.9. The van der Waals surface area contributed by atoms with Crippen LogP contribution in [0.15, 0.2) is 53.0 Å². The van der Waals surface area contributed by atoms with E-state index in [2.05, 4.69) is 21.2 Å². The molecule has 0 spiro atoms. The molecule has 2 rings (SSSR count). The van der Waals surface area contributed by atoms with E-state index in [4.69, 9.17) is 10.5 Å². The van der Waals surface area contributed by atoms with Gasteiger partial charge < -0.3 is 15.8 Å². The van der Waals surface area contributed by atoms with Gasteiger partial charge in [0.15, 0.2) is 0 Å². The van der Waals surface area contributed by atoms with Crippen LogP contribution in [0.4, 0.5) is 5.69 Å². The minimum absolute atomic E-state index is 0.0631. The van der Waals surface area contributed by atoms with Crippen LogP contribution in [0.5, 0.6) is 5.75 Å². The number of benzene rings is 2. The zero-order chi connectivity index (χ0) is 16.8. The van der Waals surface area contributed by atoms with E-state index in [9.17, 15) is 4.79 Å². The molecule has 0 heterocycles. The summed E-state index contributed by atoms with van der Waals surface area (Å²) < 4.78 is 6.50. The predicted molar refractivity (Wildman–Crippen MR) is 96.7 cm³/mol. The molecule has 0 unspecified atom stereocenters. The number of ether oxygens (including phenoxy) is 1. The fraction of sp³-hybridized carbons (Fsp3) is 0.278. The monoisotopic (exact) mass is 376 g/mol. The molecule has 23 heavy (non-hydrogen) atoms. The third-order valence-corrected chi connectivity index (χ3v) is 3.60. The van der Waals surface area contributed by atoms with Crippen molar-refractivity contribution in [3.05, 3.63) is 58.6 Å². The highest BCUT2D eigenvalue weighted by molar-refractivity contribution is 9.10. The lowest BCUT2D eigenvalue weighted by molar-refractivity contribution is -0.117. The second-order valence-electron chi connectivity index (χ2n) is 5.63. The van der Waals surface area contributed by atoms with Gasteiger partial charge in [-0.2, -0.15) is 0 Å². The number of nitrogens with one attached hydrogen (secondary N) is 1. The van der Waals surface area contributed by atoms with Crippen molar-refractivity contribution in [3.63, 3.8) is 0 Å². The molecule has 2 aromatic rings. The van der Waals surface area contributed by atoms with Crippen molar-refractivity contribution in [3.8, 4) is 5.75 Å². The molecule has 2 aromatic carbocycles. The van der Waals surface area contributed by atoms with Crippen LogP contribution in [-0.2, 0) is 11.2 Å². The van der Waals surface area contributed by atoms with Crippen LogP contribution in [0.2, 0.25) is 0 Å². The summed E-state index contributed by atoms with van der Waals surface area (Å²) in [6, 6.07) is 14.6. The normalized spacial score (nSPS) is 12.0. The molecule has 0 aliphatic rings. The Kier molecular flexibility index (Phi) is 6.19. The maximum absolute atomic E-state index is 12.3. The van der Waals surface area contributed by atoms with Gasteiger partial charge in [0.2, 0.25) is 5.91 Å². The molecule has 5 heteroatoms. The number of hydrogen-bond acceptors (Lipinski definition) is 3. The van der Waals surface area contributed by atoms with Gasteiger partial charge >= 0.3 is 0 Å². The predicted octanol–water partition coefficient (Wildman–Crippen LogP) is 3.74. The second kappa shape index (κ2) is 8.13.